The van der Waals surface area contributed by atoms with Crippen LogP contribution in [0.5, 0.6) is 0 Å². The molecule has 0 saturated heterocycles. The molecule has 376 valence electrons. The lowest BCUT2D eigenvalue weighted by Crippen LogP contribution is -2.38. The molecule has 2 atom stereocenters. The number of hydrogen-bond donors (Lipinski definition) is 0. The van der Waals surface area contributed by atoms with E-state index >= 15 is 0 Å². The van der Waals surface area contributed by atoms with Crippen molar-refractivity contribution >= 4 is 22.7 Å². The summed E-state index contributed by atoms with van der Waals surface area (Å²) in [6, 6.07) is 61.5. The summed E-state index contributed by atoms with van der Waals surface area (Å²) in [6.07, 6.45) is 18.4. The van der Waals surface area contributed by atoms with E-state index in [0.717, 1.165) is 73.0 Å². The highest BCUT2D eigenvalue weighted by molar-refractivity contribution is 5.93. The first-order valence-electron chi connectivity index (χ1n) is 27.0. The second-order valence-corrected chi connectivity index (χ2v) is 21.6. The Morgan fingerprint density at radius 1 is 0.410 bits per heavy atom. The van der Waals surface area contributed by atoms with Gasteiger partial charge in [0.05, 0.1) is 39.9 Å². The van der Waals surface area contributed by atoms with Gasteiger partial charge in [-0.25, -0.2) is 0 Å². The van der Waals surface area contributed by atoms with Gasteiger partial charge in [0.2, 0.25) is 0 Å². The molecule has 12 rings (SSSR count). The van der Waals surface area contributed by atoms with Crippen molar-refractivity contribution in [2.75, 3.05) is 9.80 Å². The molecule has 0 spiro atoms. The second kappa shape index (κ2) is 19.9. The molecule has 0 radical (unpaired) electrons. The highest BCUT2D eigenvalue weighted by Crippen LogP contribution is 2.54. The highest BCUT2D eigenvalue weighted by atomic mass is 15.2. The summed E-state index contributed by atoms with van der Waals surface area (Å²) in [5.41, 5.74) is 30.6. The zero-order valence-corrected chi connectivity index (χ0v) is 45.6. The Balaban J connectivity index is 1.05. The van der Waals surface area contributed by atoms with Crippen molar-refractivity contribution in [3.8, 4) is 56.6 Å². The second-order valence-electron chi connectivity index (χ2n) is 21.6. The molecule has 4 aliphatic rings. The van der Waals surface area contributed by atoms with Gasteiger partial charge in [0.1, 0.15) is 12.1 Å². The molecule has 2 unspecified atom stereocenters. The lowest BCUT2D eigenvalue weighted by molar-refractivity contribution is 0.773. The first-order valence-corrected chi connectivity index (χ1v) is 27.0. The lowest BCUT2D eigenvalue weighted by Gasteiger charge is -2.44. The van der Waals surface area contributed by atoms with Crippen LogP contribution in [0.15, 0.2) is 240 Å². The Labute approximate surface area is 460 Å². The molecule has 4 heteroatoms. The van der Waals surface area contributed by atoms with Gasteiger partial charge in [-0.15, -0.1) is 0 Å². The first-order chi connectivity index (χ1) is 37.9. The van der Waals surface area contributed by atoms with Crippen LogP contribution < -0.4 is 9.80 Å². The number of rotatable bonds is 10. The SMILES string of the molecule is Cc1ccc(-c2ccc(N(C3=C4C=CC5=C6C(=CC=C(C=C3)C46)C(N(c3ccccc3C#N)c3ccc(-c4ccc(C)cc4C)cc3-c3ccc(C)cc3C)C=C5)c3ccccc3C#N)c(-c3ccc(C)cc3C)c2)c(C)c1. The molecule has 0 heterocycles. The minimum absolute atomic E-state index is 0.119. The van der Waals surface area contributed by atoms with Gasteiger partial charge in [-0.2, -0.15) is 10.5 Å². The lowest BCUT2D eigenvalue weighted by atomic mass is 9.67. The predicted octanol–water partition coefficient (Wildman–Crippen LogP) is 18.7. The molecule has 0 saturated carbocycles. The van der Waals surface area contributed by atoms with E-state index in [2.05, 4.69) is 247 Å². The van der Waals surface area contributed by atoms with E-state index in [1.54, 1.807) is 0 Å². The normalized spacial score (nSPS) is 15.8. The molecular formula is C74H60N4. The van der Waals surface area contributed by atoms with Crippen molar-refractivity contribution in [2.45, 2.75) is 61.4 Å². The number of benzene rings is 8. The van der Waals surface area contributed by atoms with Crippen molar-refractivity contribution in [2.24, 2.45) is 5.92 Å². The summed E-state index contributed by atoms with van der Waals surface area (Å²) in [4.78, 5) is 4.75. The summed E-state index contributed by atoms with van der Waals surface area (Å²) < 4.78 is 0. The highest BCUT2D eigenvalue weighted by Gasteiger charge is 2.41. The van der Waals surface area contributed by atoms with E-state index in [-0.39, 0.29) is 12.0 Å². The van der Waals surface area contributed by atoms with Crippen LogP contribution in [0.4, 0.5) is 22.7 Å². The van der Waals surface area contributed by atoms with Gasteiger partial charge in [0.15, 0.2) is 0 Å². The summed E-state index contributed by atoms with van der Waals surface area (Å²) >= 11 is 0. The molecule has 0 amide bonds. The third-order valence-corrected chi connectivity index (χ3v) is 16.3. The summed E-state index contributed by atoms with van der Waals surface area (Å²) in [7, 11) is 0. The number of nitriles is 2. The summed E-state index contributed by atoms with van der Waals surface area (Å²) in [6.45, 7) is 17.4. The van der Waals surface area contributed by atoms with Gasteiger partial charge in [-0.1, -0.05) is 174 Å². The van der Waals surface area contributed by atoms with Gasteiger partial charge in [0.25, 0.3) is 0 Å². The molecule has 8 aromatic rings. The Kier molecular flexibility index (Phi) is 12.6. The maximum Gasteiger partial charge on any atom is 0.101 e. The average Bonchev–Trinajstić information content (AvgIpc) is 3.55. The van der Waals surface area contributed by atoms with E-state index in [1.165, 1.54) is 72.4 Å². The van der Waals surface area contributed by atoms with E-state index < -0.39 is 0 Å². The molecule has 0 fully saturated rings. The van der Waals surface area contributed by atoms with Gasteiger partial charge in [-0.05, 0) is 193 Å². The number of hydrogen-bond acceptors (Lipinski definition) is 4. The number of nitrogens with zero attached hydrogens (tertiary/aromatic N) is 4. The summed E-state index contributed by atoms with van der Waals surface area (Å²) in [5.74, 6) is -0.119. The van der Waals surface area contributed by atoms with Crippen molar-refractivity contribution < 1.29 is 0 Å². The Morgan fingerprint density at radius 2 is 0.910 bits per heavy atom. The fourth-order valence-electron chi connectivity index (χ4n) is 12.6. The largest absolute Gasteiger partial charge is 0.329 e. The van der Waals surface area contributed by atoms with Crippen LogP contribution in [0.2, 0.25) is 0 Å². The molecule has 8 aromatic carbocycles. The van der Waals surface area contributed by atoms with E-state index in [0.29, 0.717) is 11.1 Å². The quantitative estimate of drug-likeness (QED) is 0.137. The fraction of sp³-hybridized carbons (Fsp3) is 0.135. The molecule has 78 heavy (non-hydrogen) atoms. The number of allylic oxidation sites excluding steroid dienone is 10. The smallest absolute Gasteiger partial charge is 0.101 e. The average molecular weight is 1010 g/mol. The molecule has 0 bridgehead atoms. The van der Waals surface area contributed by atoms with Crippen molar-refractivity contribution in [1.29, 1.82) is 10.5 Å². The maximum absolute atomic E-state index is 10.9. The third-order valence-electron chi connectivity index (χ3n) is 16.3. The van der Waals surface area contributed by atoms with E-state index in [9.17, 15) is 10.5 Å². The topological polar surface area (TPSA) is 54.1 Å². The van der Waals surface area contributed by atoms with Crippen LogP contribution in [0.25, 0.3) is 44.5 Å². The monoisotopic (exact) mass is 1000 g/mol. The zero-order chi connectivity index (χ0) is 53.9. The van der Waals surface area contributed by atoms with Crippen LogP contribution in [0.3, 0.4) is 0 Å². The van der Waals surface area contributed by atoms with Gasteiger partial charge in [-0.3, -0.25) is 0 Å². The minimum atomic E-state index is -0.293. The van der Waals surface area contributed by atoms with Crippen molar-refractivity contribution in [3.05, 3.63) is 296 Å². The van der Waals surface area contributed by atoms with Crippen LogP contribution in [0.1, 0.15) is 55.6 Å². The van der Waals surface area contributed by atoms with Crippen LogP contribution in [-0.4, -0.2) is 6.04 Å². The van der Waals surface area contributed by atoms with E-state index in [1.807, 2.05) is 36.4 Å². The van der Waals surface area contributed by atoms with Crippen LogP contribution in [-0.2, 0) is 0 Å². The Bertz CT molecular complexity index is 4170. The summed E-state index contributed by atoms with van der Waals surface area (Å²) in [5, 5.41) is 21.9. The Hall–Kier alpha value is -9.48. The van der Waals surface area contributed by atoms with Gasteiger partial charge >= 0.3 is 0 Å². The number of anilines is 4. The van der Waals surface area contributed by atoms with E-state index in [4.69, 9.17) is 0 Å². The first kappa shape index (κ1) is 49.4. The number of aryl methyl sites for hydroxylation is 8. The molecule has 4 nitrogen and oxygen atoms in total. The third kappa shape index (κ3) is 8.57. The maximum atomic E-state index is 10.9. The number of para-hydroxylation sites is 2. The minimum Gasteiger partial charge on any atom is -0.329 e. The standard InChI is InChI=1S/C74H60N4/c1-45-17-27-59(49(5)37-45)55-25-35-71(65(41-55)61-29-19-47(3)39-51(61)7)77(67-15-11-9-13-57(67)43-75)69-33-23-53-22-32-64-70(34-24-54-21-31-63(69)73(53)74(54)64)78(68-16-12-10-14-58(68)44-76)72-36-26-56(60-28-18-46(2)38-50(60)6)42-66(72)62-30-20-48(4)40-52(62)8/h9-42,69,74H,1-8H3. The fourth-order valence-corrected chi connectivity index (χ4v) is 12.6. The molecular weight excluding hydrogens is 945 g/mol. The van der Waals surface area contributed by atoms with Crippen LogP contribution >= 0.6 is 0 Å². The van der Waals surface area contributed by atoms with Crippen molar-refractivity contribution in [3.63, 3.8) is 0 Å². The molecule has 0 aliphatic heterocycles. The van der Waals surface area contributed by atoms with Crippen molar-refractivity contribution in [1.82, 2.24) is 0 Å². The zero-order valence-electron chi connectivity index (χ0n) is 45.6. The predicted molar refractivity (Wildman–Crippen MR) is 324 cm³/mol. The molecule has 0 N–H and O–H groups in total. The molecule has 0 aromatic heterocycles. The van der Waals surface area contributed by atoms with Gasteiger partial charge < -0.3 is 9.80 Å². The Morgan fingerprint density at radius 3 is 1.46 bits per heavy atom. The molecule has 4 aliphatic carbocycles. The van der Waals surface area contributed by atoms with Gasteiger partial charge in [0, 0.05) is 22.7 Å². The van der Waals surface area contributed by atoms with Crippen LogP contribution in [0, 0.1) is 84.0 Å².